The van der Waals surface area contributed by atoms with E-state index in [0.29, 0.717) is 0 Å². The first-order valence-corrected chi connectivity index (χ1v) is 8.65. The van der Waals surface area contributed by atoms with Gasteiger partial charge in [-0.25, -0.2) is 0 Å². The second kappa shape index (κ2) is 4.61. The molecule has 0 unspecified atom stereocenters. The molecule has 2 heteroatoms. The lowest BCUT2D eigenvalue weighted by Crippen LogP contribution is -2.54. The smallest absolute Gasteiger partial charge is 0.0457 e. The Labute approximate surface area is 126 Å². The maximum absolute atomic E-state index is 3.95. The Morgan fingerprint density at radius 3 is 2.48 bits per heavy atom. The van der Waals surface area contributed by atoms with Gasteiger partial charge in [0.15, 0.2) is 0 Å². The summed E-state index contributed by atoms with van der Waals surface area (Å²) in [7, 11) is 0. The molecule has 1 aromatic heterocycles. The van der Waals surface area contributed by atoms with E-state index in [-0.39, 0.29) is 0 Å². The Balaban J connectivity index is 1.35. The van der Waals surface area contributed by atoms with E-state index in [9.17, 15) is 0 Å². The Bertz CT molecular complexity index is 628. The molecule has 21 heavy (non-hydrogen) atoms. The second-order valence-corrected chi connectivity index (χ2v) is 7.69. The van der Waals surface area contributed by atoms with Crippen molar-refractivity contribution in [3.63, 3.8) is 0 Å². The second-order valence-electron chi connectivity index (χ2n) is 7.69. The van der Waals surface area contributed by atoms with E-state index in [1.165, 1.54) is 42.1 Å². The topological polar surface area (TPSA) is 27.8 Å². The van der Waals surface area contributed by atoms with Gasteiger partial charge in [0.25, 0.3) is 0 Å². The lowest BCUT2D eigenvalue weighted by Gasteiger charge is -2.54. The van der Waals surface area contributed by atoms with E-state index in [2.05, 4.69) is 40.8 Å². The van der Waals surface area contributed by atoms with Crippen LogP contribution in [0.5, 0.6) is 0 Å². The van der Waals surface area contributed by atoms with Crippen molar-refractivity contribution in [3.05, 3.63) is 36.0 Å². The lowest BCUT2D eigenvalue weighted by atomic mass is 9.54. The Morgan fingerprint density at radius 1 is 0.952 bits per heavy atom. The first-order chi connectivity index (χ1) is 10.4. The third-order valence-corrected chi connectivity index (χ3v) is 6.44. The fourth-order valence-electron chi connectivity index (χ4n) is 5.79. The highest BCUT2D eigenvalue weighted by Crippen LogP contribution is 2.53. The average Bonchev–Trinajstić information content (AvgIpc) is 2.95. The highest BCUT2D eigenvalue weighted by atomic mass is 14.9. The van der Waals surface area contributed by atoms with E-state index in [1.54, 1.807) is 6.42 Å². The molecule has 110 valence electrons. The van der Waals surface area contributed by atoms with E-state index in [0.717, 1.165) is 36.3 Å². The van der Waals surface area contributed by atoms with Crippen LogP contribution in [-0.4, -0.2) is 11.0 Å². The van der Waals surface area contributed by atoms with E-state index in [4.69, 9.17) is 0 Å². The van der Waals surface area contributed by atoms with E-state index >= 15 is 0 Å². The molecule has 1 aromatic carbocycles. The van der Waals surface area contributed by atoms with Crippen LogP contribution in [0.15, 0.2) is 30.5 Å². The molecule has 4 fully saturated rings. The molecule has 1 heterocycles. The standard InChI is InChI=1S/C19H24N2/c1-2-14(17-4-5-20-18(17)3-1)11-21-19-15-7-12-6-13(9-15)10-16(19)8-12/h1-5,12-13,15-16,19-21H,6-11H2. The zero-order valence-electron chi connectivity index (χ0n) is 12.5. The number of hydrogen-bond donors (Lipinski definition) is 2. The average molecular weight is 280 g/mol. The van der Waals surface area contributed by atoms with Gasteiger partial charge in [0.05, 0.1) is 0 Å². The quantitative estimate of drug-likeness (QED) is 0.871. The summed E-state index contributed by atoms with van der Waals surface area (Å²) in [6.07, 6.45) is 9.59. The molecule has 0 spiro atoms. The van der Waals surface area contributed by atoms with E-state index in [1.807, 2.05) is 0 Å². The van der Waals surface area contributed by atoms with Crippen LogP contribution in [0.2, 0.25) is 0 Å². The largest absolute Gasteiger partial charge is 0.361 e. The molecular formula is C19H24N2. The molecule has 0 atom stereocenters. The normalized spacial score (nSPS) is 37.4. The highest BCUT2D eigenvalue weighted by Gasteiger charge is 2.47. The zero-order valence-corrected chi connectivity index (χ0v) is 12.5. The molecule has 2 aromatic rings. The minimum absolute atomic E-state index is 0.784. The van der Waals surface area contributed by atoms with Gasteiger partial charge >= 0.3 is 0 Å². The molecule has 0 saturated heterocycles. The molecular weight excluding hydrogens is 256 g/mol. The van der Waals surface area contributed by atoms with Crippen LogP contribution in [0.25, 0.3) is 10.9 Å². The SMILES string of the molecule is c1cc(CNC2C3CC4CC(C3)CC2C4)c2cc[nH]c2c1. The van der Waals surface area contributed by atoms with Crippen molar-refractivity contribution in [1.29, 1.82) is 0 Å². The van der Waals surface area contributed by atoms with Gasteiger partial charge in [-0.1, -0.05) is 12.1 Å². The molecule has 4 bridgehead atoms. The predicted molar refractivity (Wildman–Crippen MR) is 86.0 cm³/mol. The number of rotatable bonds is 3. The number of aromatic amines is 1. The van der Waals surface area contributed by atoms with Gasteiger partial charge in [0, 0.05) is 29.7 Å². The van der Waals surface area contributed by atoms with Gasteiger partial charge in [-0.05, 0) is 73.5 Å². The van der Waals surface area contributed by atoms with Crippen molar-refractivity contribution < 1.29 is 0 Å². The molecule has 0 amide bonds. The molecule has 6 rings (SSSR count). The van der Waals surface area contributed by atoms with Gasteiger partial charge in [0.1, 0.15) is 0 Å². The van der Waals surface area contributed by atoms with Crippen molar-refractivity contribution >= 4 is 10.9 Å². The number of H-pyrrole nitrogens is 1. The van der Waals surface area contributed by atoms with Gasteiger partial charge < -0.3 is 10.3 Å². The summed E-state index contributed by atoms with van der Waals surface area (Å²) in [5.74, 6) is 4.07. The van der Waals surface area contributed by atoms with Crippen LogP contribution in [0.4, 0.5) is 0 Å². The van der Waals surface area contributed by atoms with Crippen LogP contribution in [0.1, 0.15) is 37.7 Å². The van der Waals surface area contributed by atoms with Crippen molar-refractivity contribution in [2.45, 2.75) is 44.7 Å². The molecule has 2 nitrogen and oxygen atoms in total. The first kappa shape index (κ1) is 12.3. The number of benzene rings is 1. The Morgan fingerprint density at radius 2 is 1.71 bits per heavy atom. The number of nitrogens with one attached hydrogen (secondary N) is 2. The monoisotopic (exact) mass is 280 g/mol. The first-order valence-electron chi connectivity index (χ1n) is 8.65. The molecule has 2 N–H and O–H groups in total. The van der Waals surface area contributed by atoms with Gasteiger partial charge in [0.2, 0.25) is 0 Å². The molecule has 4 aliphatic carbocycles. The molecule has 4 aliphatic rings. The van der Waals surface area contributed by atoms with Crippen molar-refractivity contribution in [2.24, 2.45) is 23.7 Å². The maximum atomic E-state index is 3.95. The van der Waals surface area contributed by atoms with Crippen LogP contribution in [-0.2, 0) is 6.54 Å². The van der Waals surface area contributed by atoms with Crippen molar-refractivity contribution in [1.82, 2.24) is 10.3 Å². The summed E-state index contributed by atoms with van der Waals surface area (Å²) in [5, 5.41) is 5.33. The van der Waals surface area contributed by atoms with Gasteiger partial charge in [-0.3, -0.25) is 0 Å². The zero-order chi connectivity index (χ0) is 13.8. The fourth-order valence-corrected chi connectivity index (χ4v) is 5.79. The Kier molecular flexibility index (Phi) is 2.69. The third kappa shape index (κ3) is 1.96. The van der Waals surface area contributed by atoms with Crippen LogP contribution in [0, 0.1) is 23.7 Å². The minimum Gasteiger partial charge on any atom is -0.361 e. The molecule has 4 saturated carbocycles. The summed E-state index contributed by atoms with van der Waals surface area (Å²) in [6, 6.07) is 9.61. The summed E-state index contributed by atoms with van der Waals surface area (Å²) in [6.45, 7) is 1.03. The fraction of sp³-hybridized carbons (Fsp3) is 0.579. The van der Waals surface area contributed by atoms with Crippen LogP contribution < -0.4 is 5.32 Å². The minimum atomic E-state index is 0.784. The molecule has 0 radical (unpaired) electrons. The number of fused-ring (bicyclic) bond motifs is 1. The van der Waals surface area contributed by atoms with Gasteiger partial charge in [-0.2, -0.15) is 0 Å². The molecule has 0 aliphatic heterocycles. The third-order valence-electron chi connectivity index (χ3n) is 6.44. The highest BCUT2D eigenvalue weighted by molar-refractivity contribution is 5.82. The van der Waals surface area contributed by atoms with Crippen LogP contribution >= 0.6 is 0 Å². The maximum Gasteiger partial charge on any atom is 0.0457 e. The number of hydrogen-bond acceptors (Lipinski definition) is 1. The Hall–Kier alpha value is -1.28. The summed E-state index contributed by atoms with van der Waals surface area (Å²) < 4.78 is 0. The summed E-state index contributed by atoms with van der Waals surface area (Å²) in [4.78, 5) is 3.32. The predicted octanol–water partition coefficient (Wildman–Crippen LogP) is 4.08. The van der Waals surface area contributed by atoms with E-state index < -0.39 is 0 Å². The summed E-state index contributed by atoms with van der Waals surface area (Å²) in [5.41, 5.74) is 2.71. The van der Waals surface area contributed by atoms with Crippen LogP contribution in [0.3, 0.4) is 0 Å². The van der Waals surface area contributed by atoms with Gasteiger partial charge in [-0.15, -0.1) is 0 Å². The lowest BCUT2D eigenvalue weighted by molar-refractivity contribution is -0.0142. The summed E-state index contributed by atoms with van der Waals surface area (Å²) >= 11 is 0. The van der Waals surface area contributed by atoms with Crippen molar-refractivity contribution in [2.75, 3.05) is 0 Å². The van der Waals surface area contributed by atoms with Crippen molar-refractivity contribution in [3.8, 4) is 0 Å². The number of aromatic nitrogens is 1.